The number of benzene rings is 1. The number of urea groups is 1. The van der Waals surface area contributed by atoms with Crippen molar-refractivity contribution in [1.29, 1.82) is 0 Å². The van der Waals surface area contributed by atoms with Crippen molar-refractivity contribution in [2.24, 2.45) is 0 Å². The SMILES string of the molecule is CN(C(=O)CN1C(=O)NC2(CCCC2)C1=O)C1CCCc2ccccc21. The highest BCUT2D eigenvalue weighted by Gasteiger charge is 2.52. The molecule has 0 radical (unpaired) electrons. The fourth-order valence-corrected chi connectivity index (χ4v) is 4.69. The maximum atomic E-state index is 12.9. The lowest BCUT2D eigenvalue weighted by molar-refractivity contribution is -0.139. The molecule has 1 atom stereocenters. The number of aryl methyl sites for hydroxylation is 1. The molecule has 1 unspecified atom stereocenters. The van der Waals surface area contributed by atoms with Crippen LogP contribution in [0.2, 0.25) is 0 Å². The number of amides is 4. The molecule has 0 bridgehead atoms. The van der Waals surface area contributed by atoms with Gasteiger partial charge in [-0.25, -0.2) is 4.79 Å². The minimum absolute atomic E-state index is 0.00802. The van der Waals surface area contributed by atoms with Crippen molar-refractivity contribution in [3.63, 3.8) is 0 Å². The van der Waals surface area contributed by atoms with Gasteiger partial charge in [-0.1, -0.05) is 37.1 Å². The number of carbonyl (C=O) groups excluding carboxylic acids is 3. The second kappa shape index (κ2) is 6.41. The van der Waals surface area contributed by atoms with E-state index in [-0.39, 0.29) is 24.4 Å². The standard InChI is InChI=1S/C20H25N3O3/c1-22(16-10-6-8-14-7-2-3-9-15(14)16)17(24)13-23-18(25)20(21-19(23)26)11-4-5-12-20/h2-3,7,9,16H,4-6,8,10-13H2,1H3,(H,21,26). The van der Waals surface area contributed by atoms with Gasteiger partial charge in [0.25, 0.3) is 5.91 Å². The molecular formula is C20H25N3O3. The Hall–Kier alpha value is -2.37. The van der Waals surface area contributed by atoms with Crippen LogP contribution in [0.4, 0.5) is 4.79 Å². The van der Waals surface area contributed by atoms with Crippen molar-refractivity contribution >= 4 is 17.8 Å². The zero-order chi connectivity index (χ0) is 18.3. The summed E-state index contributed by atoms with van der Waals surface area (Å²) in [5.41, 5.74) is 1.70. The van der Waals surface area contributed by atoms with Gasteiger partial charge in [-0.2, -0.15) is 0 Å². The van der Waals surface area contributed by atoms with E-state index < -0.39 is 11.6 Å². The molecule has 138 valence electrons. The van der Waals surface area contributed by atoms with Gasteiger partial charge in [0.1, 0.15) is 12.1 Å². The Bertz CT molecular complexity index is 754. The quantitative estimate of drug-likeness (QED) is 0.847. The predicted octanol–water partition coefficient (Wildman–Crippen LogP) is 2.39. The normalized spacial score (nSPS) is 23.9. The summed E-state index contributed by atoms with van der Waals surface area (Å²) in [5, 5.41) is 2.84. The van der Waals surface area contributed by atoms with E-state index in [0.29, 0.717) is 12.8 Å². The van der Waals surface area contributed by atoms with E-state index in [1.54, 1.807) is 11.9 Å². The van der Waals surface area contributed by atoms with Gasteiger partial charge in [-0.05, 0) is 43.2 Å². The third-order valence-electron chi connectivity index (χ3n) is 6.20. The minimum Gasteiger partial charge on any atom is -0.337 e. The van der Waals surface area contributed by atoms with Gasteiger partial charge in [0, 0.05) is 7.05 Å². The van der Waals surface area contributed by atoms with Gasteiger partial charge in [0.15, 0.2) is 0 Å². The van der Waals surface area contributed by atoms with Crippen LogP contribution in [-0.4, -0.2) is 46.8 Å². The molecule has 4 rings (SSSR count). The van der Waals surface area contributed by atoms with Crippen LogP contribution in [0, 0.1) is 0 Å². The lowest BCUT2D eigenvalue weighted by Crippen LogP contribution is -2.46. The van der Waals surface area contributed by atoms with Crippen molar-refractivity contribution in [1.82, 2.24) is 15.1 Å². The predicted molar refractivity (Wildman–Crippen MR) is 96.3 cm³/mol. The number of carbonyl (C=O) groups is 3. The number of nitrogens with one attached hydrogen (secondary N) is 1. The minimum atomic E-state index is -0.757. The average molecular weight is 355 g/mol. The number of hydrogen-bond donors (Lipinski definition) is 1. The summed E-state index contributed by atoms with van der Waals surface area (Å²) in [6.07, 6.45) is 6.19. The van der Waals surface area contributed by atoms with Crippen molar-refractivity contribution in [2.75, 3.05) is 13.6 Å². The summed E-state index contributed by atoms with van der Waals surface area (Å²) < 4.78 is 0. The topological polar surface area (TPSA) is 69.7 Å². The highest BCUT2D eigenvalue weighted by atomic mass is 16.2. The van der Waals surface area contributed by atoms with Crippen molar-refractivity contribution in [3.8, 4) is 0 Å². The Labute approximate surface area is 153 Å². The summed E-state index contributed by atoms with van der Waals surface area (Å²) in [6.45, 7) is -0.179. The first kappa shape index (κ1) is 17.1. The van der Waals surface area contributed by atoms with E-state index in [4.69, 9.17) is 0 Å². The number of hydrogen-bond acceptors (Lipinski definition) is 3. The molecule has 1 heterocycles. The number of nitrogens with zero attached hydrogens (tertiary/aromatic N) is 2. The second-order valence-electron chi connectivity index (χ2n) is 7.72. The van der Waals surface area contributed by atoms with Crippen LogP contribution < -0.4 is 5.32 Å². The van der Waals surface area contributed by atoms with Gasteiger partial charge in [0.05, 0.1) is 6.04 Å². The molecule has 1 N–H and O–H groups in total. The molecule has 0 aromatic heterocycles. The molecule has 26 heavy (non-hydrogen) atoms. The van der Waals surface area contributed by atoms with Crippen molar-refractivity contribution in [3.05, 3.63) is 35.4 Å². The van der Waals surface area contributed by atoms with Crippen LogP contribution in [0.15, 0.2) is 24.3 Å². The lowest BCUT2D eigenvalue weighted by atomic mass is 9.87. The van der Waals surface area contributed by atoms with E-state index >= 15 is 0 Å². The van der Waals surface area contributed by atoms with Gasteiger partial charge in [-0.3, -0.25) is 14.5 Å². The molecule has 4 amide bonds. The fraction of sp³-hybridized carbons (Fsp3) is 0.550. The zero-order valence-corrected chi connectivity index (χ0v) is 15.2. The summed E-state index contributed by atoms with van der Waals surface area (Å²) in [7, 11) is 1.78. The first-order valence-electron chi connectivity index (χ1n) is 9.49. The van der Waals surface area contributed by atoms with Crippen LogP contribution >= 0.6 is 0 Å². The molecule has 1 spiro atoms. The smallest absolute Gasteiger partial charge is 0.325 e. The number of imide groups is 1. The Morgan fingerprint density at radius 1 is 1.23 bits per heavy atom. The molecule has 2 fully saturated rings. The average Bonchev–Trinajstić information content (AvgIpc) is 3.21. The summed E-state index contributed by atoms with van der Waals surface area (Å²) in [4.78, 5) is 40.7. The molecule has 1 saturated carbocycles. The third kappa shape index (κ3) is 2.68. The molecule has 1 aromatic carbocycles. The maximum Gasteiger partial charge on any atom is 0.325 e. The lowest BCUT2D eigenvalue weighted by Gasteiger charge is -2.34. The van der Waals surface area contributed by atoms with Gasteiger partial charge < -0.3 is 10.2 Å². The van der Waals surface area contributed by atoms with Crippen LogP contribution in [-0.2, 0) is 16.0 Å². The van der Waals surface area contributed by atoms with Crippen molar-refractivity contribution < 1.29 is 14.4 Å². The molecule has 3 aliphatic rings. The van der Waals surface area contributed by atoms with Crippen LogP contribution in [0.5, 0.6) is 0 Å². The number of likely N-dealkylation sites (N-methyl/N-ethyl adjacent to an activating group) is 1. The van der Waals surface area contributed by atoms with Crippen LogP contribution in [0.3, 0.4) is 0 Å². The molecule has 1 aliphatic heterocycles. The largest absolute Gasteiger partial charge is 0.337 e. The summed E-state index contributed by atoms with van der Waals surface area (Å²) in [6, 6.07) is 7.79. The highest BCUT2D eigenvalue weighted by Crippen LogP contribution is 2.36. The van der Waals surface area contributed by atoms with E-state index in [0.717, 1.165) is 37.0 Å². The highest BCUT2D eigenvalue weighted by molar-refractivity contribution is 6.09. The molecule has 6 nitrogen and oxygen atoms in total. The zero-order valence-electron chi connectivity index (χ0n) is 15.2. The number of rotatable bonds is 3. The third-order valence-corrected chi connectivity index (χ3v) is 6.20. The molecule has 6 heteroatoms. The molecule has 2 aliphatic carbocycles. The molecular weight excluding hydrogens is 330 g/mol. The Morgan fingerprint density at radius 3 is 2.73 bits per heavy atom. The molecule has 1 aromatic rings. The second-order valence-corrected chi connectivity index (χ2v) is 7.72. The van der Waals surface area contributed by atoms with Crippen LogP contribution in [0.25, 0.3) is 0 Å². The first-order chi connectivity index (χ1) is 12.5. The van der Waals surface area contributed by atoms with Crippen molar-refractivity contribution in [2.45, 2.75) is 56.5 Å². The van der Waals surface area contributed by atoms with Gasteiger partial charge in [-0.15, -0.1) is 0 Å². The Kier molecular flexibility index (Phi) is 4.21. The number of fused-ring (bicyclic) bond motifs is 1. The molecule has 1 saturated heterocycles. The van der Waals surface area contributed by atoms with E-state index in [1.165, 1.54) is 11.1 Å². The Morgan fingerprint density at radius 2 is 1.96 bits per heavy atom. The van der Waals surface area contributed by atoms with Gasteiger partial charge >= 0.3 is 6.03 Å². The Balaban J connectivity index is 1.49. The van der Waals surface area contributed by atoms with Crippen LogP contribution in [0.1, 0.15) is 55.7 Å². The fourth-order valence-electron chi connectivity index (χ4n) is 4.69. The first-order valence-corrected chi connectivity index (χ1v) is 9.49. The maximum absolute atomic E-state index is 12.9. The monoisotopic (exact) mass is 355 g/mol. The van der Waals surface area contributed by atoms with E-state index in [9.17, 15) is 14.4 Å². The summed E-state index contributed by atoms with van der Waals surface area (Å²) in [5.74, 6) is -0.420. The van der Waals surface area contributed by atoms with Gasteiger partial charge in [0.2, 0.25) is 5.91 Å². The van der Waals surface area contributed by atoms with E-state index in [2.05, 4.69) is 17.4 Å². The van der Waals surface area contributed by atoms with E-state index in [1.807, 2.05) is 12.1 Å². The summed E-state index contributed by atoms with van der Waals surface area (Å²) >= 11 is 0.